The third-order valence-corrected chi connectivity index (χ3v) is 12.7. The standard InChI is InChI=1S/C45H45ClF3N11O4/c46-35-24-29(43(63)53-37-25-30(9-14-51-37)45(47,48)49)1-7-34(35)40-39(41(50)62)42-52-36-8-6-33(23-28(36)12-18-60(42)55-40)58-21-19-56(20-22-58)26-27-10-15-57(16-11-27)31-2-4-32(5-3-31)59-17-13-38(61)54-44(59)64/h1-9,14,23-25,27,52H,10-13,15-22,26H2,(H2,50,62)(H,51,53,63)(H,54,61,64). The van der Waals surface area contributed by atoms with Gasteiger partial charge in [-0.3, -0.25) is 29.5 Å². The average Bonchev–Trinajstić information content (AvgIpc) is 3.54. The number of benzene rings is 3. The Kier molecular flexibility index (Phi) is 11.6. The lowest BCUT2D eigenvalue weighted by Crippen LogP contribution is -2.49. The number of hydrogen-bond acceptors (Lipinski definition) is 10. The maximum absolute atomic E-state index is 13.2. The van der Waals surface area contributed by atoms with Crippen LogP contribution in [0.4, 0.5) is 52.4 Å². The van der Waals surface area contributed by atoms with Crippen molar-refractivity contribution in [3.63, 3.8) is 0 Å². The molecule has 0 spiro atoms. The maximum Gasteiger partial charge on any atom is 0.416 e. The Morgan fingerprint density at radius 1 is 0.812 bits per heavy atom. The molecule has 15 nitrogen and oxygen atoms in total. The van der Waals surface area contributed by atoms with Gasteiger partial charge in [-0.25, -0.2) is 14.5 Å². The number of anilines is 6. The lowest BCUT2D eigenvalue weighted by Gasteiger charge is -2.40. The third kappa shape index (κ3) is 8.92. The number of primary amides is 1. The molecule has 5 amide bonds. The number of aromatic nitrogens is 3. The first kappa shape index (κ1) is 42.6. The van der Waals surface area contributed by atoms with Crippen LogP contribution >= 0.6 is 11.6 Å². The average molecular weight is 896 g/mol. The molecule has 3 fully saturated rings. The highest BCUT2D eigenvalue weighted by Crippen LogP contribution is 2.39. The van der Waals surface area contributed by atoms with Gasteiger partial charge >= 0.3 is 12.2 Å². The number of carbonyl (C=O) groups is 4. The fraction of sp³-hybridized carbons (Fsp3) is 0.333. The van der Waals surface area contributed by atoms with Gasteiger partial charge in [0.05, 0.1) is 10.6 Å². The van der Waals surface area contributed by atoms with Gasteiger partial charge in [0, 0.05) is 105 Å². The van der Waals surface area contributed by atoms with Gasteiger partial charge in [-0.2, -0.15) is 18.3 Å². The smallest absolute Gasteiger partial charge is 0.372 e. The number of piperidine rings is 1. The van der Waals surface area contributed by atoms with Crippen LogP contribution < -0.4 is 36.4 Å². The summed E-state index contributed by atoms with van der Waals surface area (Å²) in [5, 5.41) is 13.0. The van der Waals surface area contributed by atoms with Gasteiger partial charge < -0.3 is 26.2 Å². The van der Waals surface area contributed by atoms with E-state index in [-0.39, 0.29) is 39.6 Å². The van der Waals surface area contributed by atoms with Crippen LogP contribution in [0.5, 0.6) is 0 Å². The summed E-state index contributed by atoms with van der Waals surface area (Å²) in [6.45, 7) is 7.59. The van der Waals surface area contributed by atoms with E-state index in [1.165, 1.54) is 18.2 Å². The maximum atomic E-state index is 13.2. The van der Waals surface area contributed by atoms with Crippen LogP contribution in [-0.4, -0.2) is 95.8 Å². The lowest BCUT2D eigenvalue weighted by atomic mass is 9.95. The molecule has 4 aliphatic heterocycles. The Labute approximate surface area is 371 Å². The summed E-state index contributed by atoms with van der Waals surface area (Å²) in [4.78, 5) is 62.5. The van der Waals surface area contributed by atoms with Crippen LogP contribution in [0, 0.1) is 5.92 Å². The molecule has 3 aromatic carbocycles. The van der Waals surface area contributed by atoms with Gasteiger partial charge in [-0.05, 0) is 97.5 Å². The van der Waals surface area contributed by atoms with E-state index < -0.39 is 23.6 Å². The number of aryl methyl sites for hydroxylation is 2. The molecule has 5 aromatic rings. The van der Waals surface area contributed by atoms with Crippen molar-refractivity contribution in [3.05, 3.63) is 106 Å². The molecule has 0 unspecified atom stereocenters. The Bertz CT molecular complexity index is 2620. The zero-order chi connectivity index (χ0) is 44.7. The minimum absolute atomic E-state index is 0.0593. The fourth-order valence-electron chi connectivity index (χ4n) is 8.93. The van der Waals surface area contributed by atoms with E-state index in [4.69, 9.17) is 22.4 Å². The lowest BCUT2D eigenvalue weighted by molar-refractivity contribution is -0.137. The monoisotopic (exact) mass is 895 g/mol. The number of halogens is 4. The molecule has 0 bridgehead atoms. The molecule has 332 valence electrons. The minimum atomic E-state index is -4.60. The molecule has 6 heterocycles. The van der Waals surface area contributed by atoms with Crippen molar-refractivity contribution >= 4 is 69.7 Å². The quantitative estimate of drug-likeness (QED) is 0.124. The molecule has 4 aliphatic rings. The molecule has 5 N–H and O–H groups in total. The number of rotatable bonds is 9. The Hall–Kier alpha value is -6.66. The van der Waals surface area contributed by atoms with E-state index in [2.05, 4.69) is 59.9 Å². The predicted octanol–water partition coefficient (Wildman–Crippen LogP) is 6.75. The summed E-state index contributed by atoms with van der Waals surface area (Å²) in [6, 6.07) is 19.8. The van der Waals surface area contributed by atoms with E-state index in [1.807, 2.05) is 18.2 Å². The van der Waals surface area contributed by atoms with Crippen LogP contribution in [0.1, 0.15) is 51.1 Å². The molecule has 19 heteroatoms. The normalized spacial score (nSPS) is 17.3. The van der Waals surface area contributed by atoms with E-state index in [1.54, 1.807) is 9.58 Å². The second-order valence-corrected chi connectivity index (χ2v) is 16.8. The van der Waals surface area contributed by atoms with Crippen molar-refractivity contribution in [2.75, 3.05) is 77.7 Å². The number of piperazine rings is 1. The van der Waals surface area contributed by atoms with Crippen molar-refractivity contribution in [3.8, 4) is 11.3 Å². The number of fused-ring (bicyclic) bond motifs is 2. The number of pyridine rings is 1. The summed E-state index contributed by atoms with van der Waals surface area (Å²) in [7, 11) is 0. The summed E-state index contributed by atoms with van der Waals surface area (Å²) in [6.07, 6.45) is -0.503. The summed E-state index contributed by atoms with van der Waals surface area (Å²) in [5.41, 5.74) is 10.7. The first-order chi connectivity index (χ1) is 30.8. The zero-order valence-electron chi connectivity index (χ0n) is 34.6. The molecular formula is C45H45ClF3N11O4. The highest BCUT2D eigenvalue weighted by molar-refractivity contribution is 6.34. The van der Waals surface area contributed by atoms with E-state index in [9.17, 15) is 32.3 Å². The minimum Gasteiger partial charge on any atom is -0.372 e. The summed E-state index contributed by atoms with van der Waals surface area (Å²) in [5.74, 6) is -0.926. The van der Waals surface area contributed by atoms with E-state index in [0.29, 0.717) is 43.2 Å². The fourth-order valence-corrected chi connectivity index (χ4v) is 9.20. The van der Waals surface area contributed by atoms with Gasteiger partial charge in [0.2, 0.25) is 5.91 Å². The van der Waals surface area contributed by atoms with Crippen molar-refractivity contribution in [1.82, 2.24) is 25.0 Å². The van der Waals surface area contributed by atoms with E-state index >= 15 is 0 Å². The molecule has 9 rings (SSSR count). The molecule has 2 aromatic heterocycles. The third-order valence-electron chi connectivity index (χ3n) is 12.4. The number of amides is 5. The van der Waals surface area contributed by atoms with Crippen LogP contribution in [0.15, 0.2) is 79.0 Å². The Balaban J connectivity index is 0.793. The first-order valence-electron chi connectivity index (χ1n) is 21.2. The van der Waals surface area contributed by atoms with Gasteiger partial charge in [-0.1, -0.05) is 17.7 Å². The first-order valence-corrected chi connectivity index (χ1v) is 21.5. The number of carbonyl (C=O) groups excluding carboxylic acids is 4. The molecule has 3 saturated heterocycles. The number of nitrogens with one attached hydrogen (secondary N) is 3. The number of urea groups is 1. The Morgan fingerprint density at radius 2 is 1.53 bits per heavy atom. The molecule has 64 heavy (non-hydrogen) atoms. The second kappa shape index (κ2) is 17.5. The number of imide groups is 1. The van der Waals surface area contributed by atoms with Crippen molar-refractivity contribution < 1.29 is 32.3 Å². The Morgan fingerprint density at radius 3 is 2.23 bits per heavy atom. The molecular weight excluding hydrogens is 851 g/mol. The summed E-state index contributed by atoms with van der Waals surface area (Å²) >= 11 is 6.66. The molecule has 0 atom stereocenters. The SMILES string of the molecule is NC(=O)c1c(-c2ccc(C(=O)Nc3cc(C(F)(F)F)ccn3)cc2Cl)nn2c1Nc1ccc(N3CCN(CC4CCN(c5ccc(N6CCC(=O)NC6=O)cc5)CC4)CC3)cc1CC2. The summed E-state index contributed by atoms with van der Waals surface area (Å²) < 4.78 is 41.2. The molecule has 0 aliphatic carbocycles. The molecule has 0 radical (unpaired) electrons. The van der Waals surface area contributed by atoms with Crippen LogP contribution in [-0.2, 0) is 23.9 Å². The highest BCUT2D eigenvalue weighted by Gasteiger charge is 2.32. The number of alkyl halides is 3. The largest absolute Gasteiger partial charge is 0.416 e. The number of hydrogen-bond donors (Lipinski definition) is 4. The predicted molar refractivity (Wildman–Crippen MR) is 237 cm³/mol. The van der Waals surface area contributed by atoms with Crippen LogP contribution in [0.3, 0.4) is 0 Å². The number of nitrogens with zero attached hydrogens (tertiary/aromatic N) is 7. The van der Waals surface area contributed by atoms with E-state index in [0.717, 1.165) is 105 Å². The van der Waals surface area contributed by atoms with Gasteiger partial charge in [0.1, 0.15) is 22.9 Å². The highest BCUT2D eigenvalue weighted by atomic mass is 35.5. The van der Waals surface area contributed by atoms with Gasteiger partial charge in [0.15, 0.2) is 0 Å². The van der Waals surface area contributed by atoms with Gasteiger partial charge in [-0.15, -0.1) is 0 Å². The van der Waals surface area contributed by atoms with Crippen molar-refractivity contribution in [2.24, 2.45) is 11.7 Å². The van der Waals surface area contributed by atoms with Crippen LogP contribution in [0.25, 0.3) is 11.3 Å². The number of nitrogens with two attached hydrogens (primary N) is 1. The topological polar surface area (TPSA) is 174 Å². The zero-order valence-corrected chi connectivity index (χ0v) is 35.4. The van der Waals surface area contributed by atoms with Gasteiger partial charge in [0.25, 0.3) is 11.8 Å². The van der Waals surface area contributed by atoms with Crippen molar-refractivity contribution in [1.29, 1.82) is 0 Å². The second-order valence-electron chi connectivity index (χ2n) is 16.4. The molecule has 0 saturated carbocycles. The van der Waals surface area contributed by atoms with Crippen molar-refractivity contribution in [2.45, 2.75) is 38.4 Å². The van der Waals surface area contributed by atoms with Crippen LogP contribution in [0.2, 0.25) is 5.02 Å².